The molecule has 18 heavy (non-hydrogen) atoms. The Hall–Kier alpha value is -1.75. The van der Waals surface area contributed by atoms with Crippen LogP contribution in [0.2, 0.25) is 5.02 Å². The van der Waals surface area contributed by atoms with E-state index in [4.69, 9.17) is 16.1 Å². The molecule has 0 unspecified atom stereocenters. The van der Waals surface area contributed by atoms with Crippen LogP contribution in [0.5, 0.6) is 0 Å². The summed E-state index contributed by atoms with van der Waals surface area (Å²) in [5, 5.41) is 4.35. The van der Waals surface area contributed by atoms with E-state index in [0.717, 1.165) is 12.8 Å². The van der Waals surface area contributed by atoms with Crippen LogP contribution in [0.4, 0.5) is 0 Å². The molecule has 0 radical (unpaired) electrons. The molecule has 92 valence electrons. The van der Waals surface area contributed by atoms with Crippen molar-refractivity contribution >= 4 is 17.4 Å². The van der Waals surface area contributed by atoms with Crippen LogP contribution in [0.1, 0.15) is 18.7 Å². The zero-order chi connectivity index (χ0) is 12.5. The van der Waals surface area contributed by atoms with E-state index in [1.807, 2.05) is 0 Å². The number of hydrogen-bond donors (Lipinski definition) is 0. The number of carbonyl (C=O) groups excluding carboxylic acids is 1. The zero-order valence-electron chi connectivity index (χ0n) is 9.47. The highest BCUT2D eigenvalue weighted by molar-refractivity contribution is 6.30. The minimum atomic E-state index is 0.175. The highest BCUT2D eigenvalue weighted by atomic mass is 35.5. The molecule has 1 saturated carbocycles. The first-order valence-electron chi connectivity index (χ1n) is 5.69. The van der Waals surface area contributed by atoms with E-state index >= 15 is 0 Å². The van der Waals surface area contributed by atoms with E-state index in [2.05, 4.69) is 15.1 Å². The third kappa shape index (κ3) is 2.41. The first kappa shape index (κ1) is 11.3. The highest BCUT2D eigenvalue weighted by Gasteiger charge is 2.30. The lowest BCUT2D eigenvalue weighted by molar-refractivity contribution is -0.119. The lowest BCUT2D eigenvalue weighted by atomic mass is 10.2. The third-order valence-electron chi connectivity index (χ3n) is 2.78. The molecule has 0 N–H and O–H groups in total. The van der Waals surface area contributed by atoms with Gasteiger partial charge in [-0.25, -0.2) is 0 Å². The second kappa shape index (κ2) is 4.49. The summed E-state index contributed by atoms with van der Waals surface area (Å²) in [5.41, 5.74) is 0.577. The van der Waals surface area contributed by atoms with Crippen LogP contribution in [-0.2, 0) is 11.2 Å². The molecule has 0 aliphatic heterocycles. The molecule has 0 saturated heterocycles. The third-order valence-corrected chi connectivity index (χ3v) is 3.01. The first-order valence-corrected chi connectivity index (χ1v) is 6.07. The summed E-state index contributed by atoms with van der Waals surface area (Å²) in [6.07, 6.45) is 3.70. The number of nitrogens with zero attached hydrogens (tertiary/aromatic N) is 3. The standard InChI is InChI=1S/C12H10ClN3O2/c13-8-3-4-9(14-6-8)12-15-11(18-16-12)5-10(17)7-1-2-7/h3-4,6-7H,1-2,5H2. The number of halogens is 1. The molecular formula is C12H10ClN3O2. The highest BCUT2D eigenvalue weighted by Crippen LogP contribution is 2.30. The van der Waals surface area contributed by atoms with Gasteiger partial charge in [-0.2, -0.15) is 4.98 Å². The summed E-state index contributed by atoms with van der Waals surface area (Å²) >= 11 is 5.74. The van der Waals surface area contributed by atoms with Crippen LogP contribution < -0.4 is 0 Å². The Labute approximate surface area is 108 Å². The van der Waals surface area contributed by atoms with Gasteiger partial charge in [0, 0.05) is 12.1 Å². The van der Waals surface area contributed by atoms with Crippen molar-refractivity contribution in [2.24, 2.45) is 5.92 Å². The van der Waals surface area contributed by atoms with Gasteiger partial charge >= 0.3 is 0 Å². The molecule has 0 spiro atoms. The number of aromatic nitrogens is 3. The molecule has 2 aromatic rings. The van der Waals surface area contributed by atoms with Crippen molar-refractivity contribution in [2.75, 3.05) is 0 Å². The van der Waals surface area contributed by atoms with Crippen LogP contribution >= 0.6 is 11.6 Å². The number of Topliss-reactive ketones (excluding diaryl/α,β-unsaturated/α-hetero) is 1. The molecular weight excluding hydrogens is 254 g/mol. The quantitative estimate of drug-likeness (QED) is 0.847. The second-order valence-corrected chi connectivity index (χ2v) is 4.73. The van der Waals surface area contributed by atoms with E-state index in [9.17, 15) is 4.79 Å². The number of carbonyl (C=O) groups is 1. The van der Waals surface area contributed by atoms with Crippen LogP contribution in [-0.4, -0.2) is 20.9 Å². The number of hydrogen-bond acceptors (Lipinski definition) is 5. The molecule has 0 bridgehead atoms. The molecule has 0 atom stereocenters. The van der Waals surface area contributed by atoms with Gasteiger partial charge in [-0.3, -0.25) is 9.78 Å². The number of pyridine rings is 1. The van der Waals surface area contributed by atoms with E-state index in [-0.39, 0.29) is 18.1 Å². The average molecular weight is 264 g/mol. The molecule has 0 amide bonds. The Morgan fingerprint density at radius 2 is 2.28 bits per heavy atom. The maximum absolute atomic E-state index is 11.6. The monoisotopic (exact) mass is 263 g/mol. The normalized spacial score (nSPS) is 14.7. The van der Waals surface area contributed by atoms with Gasteiger partial charge in [0.05, 0.1) is 11.4 Å². The van der Waals surface area contributed by atoms with Gasteiger partial charge in [-0.1, -0.05) is 16.8 Å². The summed E-state index contributed by atoms with van der Waals surface area (Å²) in [4.78, 5) is 19.8. The van der Waals surface area contributed by atoms with E-state index in [0.29, 0.717) is 22.4 Å². The topological polar surface area (TPSA) is 68.9 Å². The molecule has 2 heterocycles. The van der Waals surface area contributed by atoms with E-state index in [1.54, 1.807) is 12.1 Å². The Morgan fingerprint density at radius 3 is 2.94 bits per heavy atom. The van der Waals surface area contributed by atoms with Crippen molar-refractivity contribution in [1.82, 2.24) is 15.1 Å². The van der Waals surface area contributed by atoms with Crippen molar-refractivity contribution in [3.63, 3.8) is 0 Å². The number of ketones is 1. The van der Waals surface area contributed by atoms with Crippen molar-refractivity contribution in [1.29, 1.82) is 0 Å². The minimum Gasteiger partial charge on any atom is -0.338 e. The van der Waals surface area contributed by atoms with Crippen LogP contribution in [0.3, 0.4) is 0 Å². The van der Waals surface area contributed by atoms with Gasteiger partial charge in [0.1, 0.15) is 11.5 Å². The molecule has 1 fully saturated rings. The molecule has 5 nitrogen and oxygen atoms in total. The van der Waals surface area contributed by atoms with E-state index < -0.39 is 0 Å². The smallest absolute Gasteiger partial charge is 0.234 e. The zero-order valence-corrected chi connectivity index (χ0v) is 10.2. The fraction of sp³-hybridized carbons (Fsp3) is 0.333. The Morgan fingerprint density at radius 1 is 1.44 bits per heavy atom. The van der Waals surface area contributed by atoms with Crippen molar-refractivity contribution in [3.8, 4) is 11.5 Å². The molecule has 1 aliphatic rings. The Balaban J connectivity index is 1.76. The molecule has 1 aliphatic carbocycles. The summed E-state index contributed by atoms with van der Waals surface area (Å²) < 4.78 is 5.04. The maximum Gasteiger partial charge on any atom is 0.234 e. The largest absolute Gasteiger partial charge is 0.338 e. The Kier molecular flexibility index (Phi) is 2.83. The summed E-state index contributed by atoms with van der Waals surface area (Å²) in [5.74, 6) is 1.10. The van der Waals surface area contributed by atoms with Gasteiger partial charge in [0.25, 0.3) is 0 Å². The van der Waals surface area contributed by atoms with Gasteiger partial charge in [-0.05, 0) is 25.0 Å². The van der Waals surface area contributed by atoms with Gasteiger partial charge < -0.3 is 4.52 Å². The predicted octanol–water partition coefficient (Wildman–Crippen LogP) is 2.31. The molecule has 3 rings (SSSR count). The maximum atomic E-state index is 11.6. The molecule has 6 heteroatoms. The minimum absolute atomic E-state index is 0.175. The lowest BCUT2D eigenvalue weighted by Gasteiger charge is -1.92. The van der Waals surface area contributed by atoms with Gasteiger partial charge in [-0.15, -0.1) is 0 Å². The SMILES string of the molecule is O=C(Cc1nc(-c2ccc(Cl)cn2)no1)C1CC1. The number of rotatable bonds is 4. The summed E-state index contributed by atoms with van der Waals surface area (Å²) in [7, 11) is 0. The van der Waals surface area contributed by atoms with Crippen molar-refractivity contribution in [2.45, 2.75) is 19.3 Å². The van der Waals surface area contributed by atoms with Crippen LogP contribution in [0.25, 0.3) is 11.5 Å². The summed E-state index contributed by atoms with van der Waals surface area (Å²) in [6, 6.07) is 3.41. The average Bonchev–Trinajstić information content (AvgIpc) is 3.12. The Bertz CT molecular complexity index is 575. The molecule has 2 aromatic heterocycles. The van der Waals surface area contributed by atoms with E-state index in [1.165, 1.54) is 6.20 Å². The van der Waals surface area contributed by atoms with Crippen molar-refractivity contribution < 1.29 is 9.32 Å². The van der Waals surface area contributed by atoms with Gasteiger partial charge in [0.2, 0.25) is 11.7 Å². The fourth-order valence-corrected chi connectivity index (χ4v) is 1.75. The summed E-state index contributed by atoms with van der Waals surface area (Å²) in [6.45, 7) is 0. The predicted molar refractivity (Wildman–Crippen MR) is 64.0 cm³/mol. The lowest BCUT2D eigenvalue weighted by Crippen LogP contribution is -2.04. The molecule has 0 aromatic carbocycles. The fourth-order valence-electron chi connectivity index (χ4n) is 1.64. The van der Waals surface area contributed by atoms with Crippen LogP contribution in [0, 0.1) is 5.92 Å². The van der Waals surface area contributed by atoms with Gasteiger partial charge in [0.15, 0.2) is 0 Å². The van der Waals surface area contributed by atoms with Crippen molar-refractivity contribution in [3.05, 3.63) is 29.2 Å². The van der Waals surface area contributed by atoms with Crippen LogP contribution in [0.15, 0.2) is 22.9 Å². The first-order chi connectivity index (χ1) is 8.72. The second-order valence-electron chi connectivity index (χ2n) is 4.29.